The van der Waals surface area contributed by atoms with E-state index in [0.717, 1.165) is 27.2 Å². The second-order valence-corrected chi connectivity index (χ2v) is 8.25. The Kier molecular flexibility index (Phi) is 7.20. The Morgan fingerprint density at radius 2 is 1.77 bits per heavy atom. The number of nitrogens with zero attached hydrogens (tertiary/aromatic N) is 1. The molecule has 0 saturated heterocycles. The lowest BCUT2D eigenvalue weighted by Crippen LogP contribution is -2.32. The normalized spacial score (nSPS) is 15.2. The lowest BCUT2D eigenvalue weighted by atomic mass is 9.94. The largest absolute Gasteiger partial charge is 0.493 e. The van der Waals surface area contributed by atoms with Crippen LogP contribution in [0.3, 0.4) is 0 Å². The summed E-state index contributed by atoms with van der Waals surface area (Å²) in [5.41, 5.74) is 2.44. The number of hydrogen-bond donors (Lipinski definition) is 0. The molecule has 1 fully saturated rings. The van der Waals surface area contributed by atoms with E-state index in [4.69, 9.17) is 9.47 Å². The molecule has 0 N–H and O–H groups in total. The van der Waals surface area contributed by atoms with E-state index in [2.05, 4.69) is 58.8 Å². The molecule has 2 aromatic carbocycles. The van der Waals surface area contributed by atoms with Gasteiger partial charge in [-0.25, -0.2) is 0 Å². The van der Waals surface area contributed by atoms with E-state index in [-0.39, 0.29) is 0 Å². The second-order valence-electron chi connectivity index (χ2n) is 7.09. The summed E-state index contributed by atoms with van der Waals surface area (Å²) in [5.74, 6) is 1.65. The first-order chi connectivity index (χ1) is 12.7. The average Bonchev–Trinajstić information content (AvgIpc) is 2.68. The molecule has 0 amide bonds. The lowest BCUT2D eigenvalue weighted by molar-refractivity contribution is 0.184. The molecular weight excluding hydrogens is 437 g/mol. The Balaban J connectivity index is 1.69. The highest BCUT2D eigenvalue weighted by molar-refractivity contribution is 14.1. The highest BCUT2D eigenvalue weighted by atomic mass is 127. The van der Waals surface area contributed by atoms with Gasteiger partial charge in [0.25, 0.3) is 0 Å². The third-order valence-corrected chi connectivity index (χ3v) is 5.95. The summed E-state index contributed by atoms with van der Waals surface area (Å²) in [6, 6.07) is 15.3. The number of rotatable bonds is 7. The average molecular weight is 465 g/mol. The SMILES string of the molecule is COc1cc(CN(C)C2CCCCC2)cc(I)c1OCc1ccccc1. The molecule has 0 unspecified atom stereocenters. The Morgan fingerprint density at radius 1 is 1.04 bits per heavy atom. The summed E-state index contributed by atoms with van der Waals surface area (Å²) in [6.45, 7) is 1.50. The molecule has 0 heterocycles. The van der Waals surface area contributed by atoms with Gasteiger partial charge in [-0.2, -0.15) is 0 Å². The van der Waals surface area contributed by atoms with Gasteiger partial charge in [0, 0.05) is 12.6 Å². The van der Waals surface area contributed by atoms with Crippen molar-refractivity contribution in [2.24, 2.45) is 0 Å². The third-order valence-electron chi connectivity index (χ3n) is 5.15. The maximum absolute atomic E-state index is 6.08. The van der Waals surface area contributed by atoms with E-state index < -0.39 is 0 Å². The minimum absolute atomic E-state index is 0.550. The van der Waals surface area contributed by atoms with Crippen LogP contribution in [0.1, 0.15) is 43.2 Å². The first kappa shape index (κ1) is 19.5. The number of methoxy groups -OCH3 is 1. The van der Waals surface area contributed by atoms with Gasteiger partial charge in [0.05, 0.1) is 10.7 Å². The van der Waals surface area contributed by atoms with Crippen molar-refractivity contribution in [1.29, 1.82) is 0 Å². The Hall–Kier alpha value is -1.27. The zero-order valence-electron chi connectivity index (χ0n) is 15.7. The maximum Gasteiger partial charge on any atom is 0.174 e. The zero-order valence-corrected chi connectivity index (χ0v) is 17.9. The van der Waals surface area contributed by atoms with Gasteiger partial charge in [-0.3, -0.25) is 4.90 Å². The fraction of sp³-hybridized carbons (Fsp3) is 0.455. The van der Waals surface area contributed by atoms with E-state index >= 15 is 0 Å². The first-order valence-electron chi connectivity index (χ1n) is 9.40. The van der Waals surface area contributed by atoms with Gasteiger partial charge in [0.2, 0.25) is 0 Å². The summed E-state index contributed by atoms with van der Waals surface area (Å²) in [5, 5.41) is 0. The minimum atomic E-state index is 0.550. The predicted octanol–water partition coefficient (Wildman–Crippen LogP) is 5.64. The van der Waals surface area contributed by atoms with Crippen LogP contribution in [0, 0.1) is 3.57 Å². The fourth-order valence-electron chi connectivity index (χ4n) is 3.67. The summed E-state index contributed by atoms with van der Waals surface area (Å²) in [4.78, 5) is 2.49. The summed E-state index contributed by atoms with van der Waals surface area (Å²) in [6.07, 6.45) is 6.76. The first-order valence-corrected chi connectivity index (χ1v) is 10.5. The quantitative estimate of drug-likeness (QED) is 0.494. The van der Waals surface area contributed by atoms with Crippen molar-refractivity contribution >= 4 is 22.6 Å². The second kappa shape index (κ2) is 9.60. The Bertz CT molecular complexity index is 699. The molecule has 0 aliphatic heterocycles. The molecule has 0 radical (unpaired) electrons. The van der Waals surface area contributed by atoms with E-state index in [0.29, 0.717) is 12.6 Å². The lowest BCUT2D eigenvalue weighted by Gasteiger charge is -2.31. The third kappa shape index (κ3) is 5.13. The van der Waals surface area contributed by atoms with E-state index in [1.807, 2.05) is 18.2 Å². The molecule has 1 saturated carbocycles. The van der Waals surface area contributed by atoms with Crippen LogP contribution in [-0.4, -0.2) is 25.1 Å². The van der Waals surface area contributed by atoms with Crippen LogP contribution >= 0.6 is 22.6 Å². The van der Waals surface area contributed by atoms with Gasteiger partial charge in [-0.1, -0.05) is 49.6 Å². The van der Waals surface area contributed by atoms with Gasteiger partial charge in [-0.05, 0) is 65.7 Å². The fourth-order valence-corrected chi connectivity index (χ4v) is 4.49. The van der Waals surface area contributed by atoms with E-state index in [1.54, 1.807) is 7.11 Å². The highest BCUT2D eigenvalue weighted by Gasteiger charge is 2.19. The van der Waals surface area contributed by atoms with Gasteiger partial charge < -0.3 is 9.47 Å². The summed E-state index contributed by atoms with van der Waals surface area (Å²) in [7, 11) is 3.96. The number of hydrogen-bond acceptors (Lipinski definition) is 3. The van der Waals surface area contributed by atoms with Crippen molar-refractivity contribution in [1.82, 2.24) is 4.90 Å². The van der Waals surface area contributed by atoms with Crippen LogP contribution in [0.4, 0.5) is 0 Å². The van der Waals surface area contributed by atoms with Crippen LogP contribution < -0.4 is 9.47 Å². The van der Waals surface area contributed by atoms with Crippen molar-refractivity contribution < 1.29 is 9.47 Å². The maximum atomic E-state index is 6.08. The van der Waals surface area contributed by atoms with Gasteiger partial charge in [-0.15, -0.1) is 0 Å². The smallest absolute Gasteiger partial charge is 0.174 e. The Labute approximate surface area is 170 Å². The molecule has 0 atom stereocenters. The molecule has 1 aliphatic carbocycles. The topological polar surface area (TPSA) is 21.7 Å². The molecule has 4 heteroatoms. The molecule has 140 valence electrons. The van der Waals surface area contributed by atoms with Crippen LogP contribution in [0.2, 0.25) is 0 Å². The Morgan fingerprint density at radius 3 is 2.46 bits per heavy atom. The number of benzene rings is 2. The highest BCUT2D eigenvalue weighted by Crippen LogP contribution is 2.35. The van der Waals surface area contributed by atoms with Gasteiger partial charge in [0.15, 0.2) is 11.5 Å². The summed E-state index contributed by atoms with van der Waals surface area (Å²) < 4.78 is 12.8. The van der Waals surface area contributed by atoms with Crippen molar-refractivity contribution in [3.8, 4) is 11.5 Å². The molecule has 0 aromatic heterocycles. The summed E-state index contributed by atoms with van der Waals surface area (Å²) >= 11 is 2.36. The molecule has 0 bridgehead atoms. The van der Waals surface area contributed by atoms with Crippen LogP contribution in [0.25, 0.3) is 0 Å². The van der Waals surface area contributed by atoms with Crippen molar-refractivity contribution in [2.45, 2.75) is 51.3 Å². The molecular formula is C22H28INO2. The van der Waals surface area contributed by atoms with Gasteiger partial charge >= 0.3 is 0 Å². The minimum Gasteiger partial charge on any atom is -0.493 e. The molecule has 3 nitrogen and oxygen atoms in total. The van der Waals surface area contributed by atoms with Crippen LogP contribution in [0.15, 0.2) is 42.5 Å². The monoisotopic (exact) mass is 465 g/mol. The predicted molar refractivity (Wildman–Crippen MR) is 115 cm³/mol. The van der Waals surface area contributed by atoms with Crippen LogP contribution in [-0.2, 0) is 13.2 Å². The number of halogens is 1. The van der Waals surface area contributed by atoms with Gasteiger partial charge in [0.1, 0.15) is 6.61 Å². The molecule has 1 aliphatic rings. The number of ether oxygens (including phenoxy) is 2. The van der Waals surface area contributed by atoms with E-state index in [1.165, 1.54) is 37.7 Å². The molecule has 2 aromatic rings. The zero-order chi connectivity index (χ0) is 18.4. The van der Waals surface area contributed by atoms with E-state index in [9.17, 15) is 0 Å². The van der Waals surface area contributed by atoms with Crippen molar-refractivity contribution in [2.75, 3.05) is 14.2 Å². The molecule has 3 rings (SSSR count). The standard InChI is InChI=1S/C22H28INO2/c1-24(19-11-7-4-8-12-19)15-18-13-20(23)22(21(14-18)25-2)26-16-17-9-5-3-6-10-17/h3,5-6,9-10,13-14,19H,4,7-8,11-12,15-16H2,1-2H3. The van der Waals surface area contributed by atoms with Crippen LogP contribution in [0.5, 0.6) is 11.5 Å². The molecule has 0 spiro atoms. The van der Waals surface area contributed by atoms with Crippen molar-refractivity contribution in [3.05, 3.63) is 57.2 Å². The van der Waals surface area contributed by atoms with Crippen molar-refractivity contribution in [3.63, 3.8) is 0 Å². The molecule has 26 heavy (non-hydrogen) atoms.